The van der Waals surface area contributed by atoms with Crippen LogP contribution in [0.4, 0.5) is 5.82 Å². The summed E-state index contributed by atoms with van der Waals surface area (Å²) in [6.45, 7) is 1.22. The van der Waals surface area contributed by atoms with E-state index in [1.807, 2.05) is 14.1 Å². The minimum atomic E-state index is -3.78. The van der Waals surface area contributed by atoms with Crippen molar-refractivity contribution in [3.05, 3.63) is 46.4 Å². The van der Waals surface area contributed by atoms with Gasteiger partial charge in [0, 0.05) is 18.1 Å². The van der Waals surface area contributed by atoms with Gasteiger partial charge in [0.15, 0.2) is 5.82 Å². The number of nitrogens with zero attached hydrogens (tertiary/aromatic N) is 4. The van der Waals surface area contributed by atoms with Gasteiger partial charge in [-0.2, -0.15) is 5.06 Å². The summed E-state index contributed by atoms with van der Waals surface area (Å²) in [5, 5.41) is 2.77. The number of sulfonamides is 1. The average Bonchev–Trinajstić information content (AvgIpc) is 3.17. The van der Waals surface area contributed by atoms with E-state index in [4.69, 9.17) is 4.84 Å². The molecule has 0 aromatic carbocycles. The van der Waals surface area contributed by atoms with Crippen LogP contribution in [0.2, 0.25) is 0 Å². The van der Waals surface area contributed by atoms with Crippen LogP contribution in [0.15, 0.2) is 46.4 Å². The van der Waals surface area contributed by atoms with Crippen molar-refractivity contribution in [3.8, 4) is 0 Å². The van der Waals surface area contributed by atoms with E-state index in [2.05, 4.69) is 9.88 Å². The third-order valence-electron chi connectivity index (χ3n) is 4.38. The summed E-state index contributed by atoms with van der Waals surface area (Å²) in [5.74, 6) is -0.282. The molecule has 1 aliphatic rings. The minimum Gasteiger partial charge on any atom is -0.309 e. The number of hydrogen-bond acceptors (Lipinski definition) is 7. The lowest BCUT2D eigenvalue weighted by atomic mass is 10.3. The topological polar surface area (TPSA) is 83.0 Å². The molecule has 0 spiro atoms. The molecule has 3 heterocycles. The number of fused-ring (bicyclic) bond motifs is 1. The van der Waals surface area contributed by atoms with E-state index in [1.165, 1.54) is 18.4 Å². The Kier molecular flexibility index (Phi) is 6.68. The second-order valence-corrected chi connectivity index (χ2v) is 9.67. The maximum atomic E-state index is 13.3. The van der Waals surface area contributed by atoms with Gasteiger partial charge in [0.25, 0.3) is 10.0 Å². The van der Waals surface area contributed by atoms with Gasteiger partial charge in [-0.05, 0) is 63.1 Å². The predicted octanol–water partition coefficient (Wildman–Crippen LogP) is 2.42. The summed E-state index contributed by atoms with van der Waals surface area (Å²) in [6, 6.07) is 6.66. The number of pyridine rings is 1. The van der Waals surface area contributed by atoms with Gasteiger partial charge in [0.05, 0.1) is 6.61 Å². The van der Waals surface area contributed by atoms with Crippen molar-refractivity contribution in [3.63, 3.8) is 0 Å². The van der Waals surface area contributed by atoms with E-state index >= 15 is 0 Å². The zero-order valence-corrected chi connectivity index (χ0v) is 18.2. The molecule has 1 aliphatic heterocycles. The van der Waals surface area contributed by atoms with Crippen LogP contribution in [0.25, 0.3) is 6.08 Å². The summed E-state index contributed by atoms with van der Waals surface area (Å²) < 4.78 is 26.5. The lowest BCUT2D eigenvalue weighted by Crippen LogP contribution is -2.41. The molecule has 0 bridgehead atoms. The van der Waals surface area contributed by atoms with E-state index in [9.17, 15) is 13.2 Å². The first-order valence-electron chi connectivity index (χ1n) is 9.13. The van der Waals surface area contributed by atoms with Crippen molar-refractivity contribution in [1.29, 1.82) is 0 Å². The number of rotatable bonds is 8. The first-order chi connectivity index (χ1) is 13.8. The van der Waals surface area contributed by atoms with Crippen LogP contribution in [-0.2, 0) is 19.7 Å². The van der Waals surface area contributed by atoms with Gasteiger partial charge in [-0.25, -0.2) is 13.4 Å². The number of carbonyl (C=O) groups excluding carboxylic acids is 1. The zero-order valence-electron chi connectivity index (χ0n) is 16.6. The molecule has 0 fully saturated rings. The lowest BCUT2D eigenvalue weighted by molar-refractivity contribution is -0.123. The molecule has 0 radical (unpaired) electrons. The van der Waals surface area contributed by atoms with Crippen LogP contribution < -0.4 is 5.06 Å². The summed E-state index contributed by atoms with van der Waals surface area (Å²) >= 11 is 1.27. The van der Waals surface area contributed by atoms with Crippen LogP contribution >= 0.6 is 11.3 Å². The van der Waals surface area contributed by atoms with Crippen LogP contribution in [0.5, 0.6) is 0 Å². The molecule has 0 saturated carbocycles. The second-order valence-electron chi connectivity index (χ2n) is 6.78. The van der Waals surface area contributed by atoms with Gasteiger partial charge in [-0.15, -0.1) is 11.3 Å². The second kappa shape index (κ2) is 9.04. The number of hydrogen-bond donors (Lipinski definition) is 0. The van der Waals surface area contributed by atoms with Gasteiger partial charge >= 0.3 is 5.91 Å². The van der Waals surface area contributed by atoms with E-state index in [-0.39, 0.29) is 10.6 Å². The molecule has 0 aliphatic carbocycles. The van der Waals surface area contributed by atoms with Crippen molar-refractivity contribution in [2.24, 2.45) is 0 Å². The number of anilines is 1. The summed E-state index contributed by atoms with van der Waals surface area (Å²) in [4.78, 5) is 26.0. The first kappa shape index (κ1) is 21.4. The Balaban J connectivity index is 1.85. The molecule has 29 heavy (non-hydrogen) atoms. The van der Waals surface area contributed by atoms with Gasteiger partial charge in [0.2, 0.25) is 0 Å². The molecular weight excluding hydrogens is 412 g/mol. The van der Waals surface area contributed by atoms with Gasteiger partial charge < -0.3 is 4.90 Å². The molecule has 2 aromatic rings. The van der Waals surface area contributed by atoms with Crippen molar-refractivity contribution >= 4 is 39.2 Å². The van der Waals surface area contributed by atoms with E-state index in [0.717, 1.165) is 28.8 Å². The Morgan fingerprint density at radius 3 is 2.72 bits per heavy atom. The Hall–Kier alpha value is -2.27. The molecule has 0 atom stereocenters. The lowest BCUT2D eigenvalue weighted by Gasteiger charge is -2.29. The summed E-state index contributed by atoms with van der Waals surface area (Å²) in [7, 11) is 1.58. The first-order valence-corrected chi connectivity index (χ1v) is 11.5. The minimum absolute atomic E-state index is 0.0129. The highest BCUT2D eigenvalue weighted by molar-refractivity contribution is 7.89. The van der Waals surface area contributed by atoms with Crippen LogP contribution in [0.1, 0.15) is 17.7 Å². The molecule has 0 N–H and O–H groups in total. The molecule has 3 rings (SSSR count). The van der Waals surface area contributed by atoms with Crippen molar-refractivity contribution < 1.29 is 18.0 Å². The molecule has 8 nitrogen and oxygen atoms in total. The third kappa shape index (κ3) is 4.67. The highest BCUT2D eigenvalue weighted by Crippen LogP contribution is 2.34. The number of aromatic nitrogens is 1. The summed E-state index contributed by atoms with van der Waals surface area (Å²) in [6.07, 6.45) is 4.79. The van der Waals surface area contributed by atoms with Gasteiger partial charge in [0.1, 0.15) is 10.6 Å². The number of hydroxylamine groups is 1. The summed E-state index contributed by atoms with van der Waals surface area (Å²) in [5.41, 5.74) is 0.0129. The number of amides is 1. The molecule has 1 amide bonds. The normalized spacial score (nSPS) is 15.2. The Morgan fingerprint density at radius 1 is 1.24 bits per heavy atom. The van der Waals surface area contributed by atoms with Crippen molar-refractivity contribution in [1.82, 2.24) is 14.2 Å². The fraction of sp³-hybridized carbons (Fsp3) is 0.368. The fourth-order valence-electron chi connectivity index (χ4n) is 2.81. The van der Waals surface area contributed by atoms with E-state index in [1.54, 1.807) is 41.9 Å². The molecule has 0 unspecified atom stereocenters. The number of likely N-dealkylation sites (N-methyl/N-ethyl adjacent to an activating group) is 1. The zero-order chi connectivity index (χ0) is 21.0. The van der Waals surface area contributed by atoms with Gasteiger partial charge in [-0.3, -0.25) is 13.9 Å². The van der Waals surface area contributed by atoms with Crippen LogP contribution in [0, 0.1) is 0 Å². The standard InChI is InChI=1S/C19H24N4O4S2/c1-21(2)11-6-7-12-27-23(18-8-4-5-10-20-18)19(24)15-14-16-17(9-13-28-16)29(25,26)22(15)3/h4-5,8-10,13-14H,6-7,11-12H2,1-3H3. The van der Waals surface area contributed by atoms with Gasteiger partial charge in [-0.1, -0.05) is 6.07 Å². The van der Waals surface area contributed by atoms with Crippen molar-refractivity contribution in [2.75, 3.05) is 39.4 Å². The maximum Gasteiger partial charge on any atom is 0.300 e. The number of thiophene rings is 1. The Morgan fingerprint density at radius 2 is 2.03 bits per heavy atom. The van der Waals surface area contributed by atoms with Crippen LogP contribution in [-0.4, -0.2) is 62.8 Å². The van der Waals surface area contributed by atoms with Crippen molar-refractivity contribution in [2.45, 2.75) is 17.7 Å². The predicted molar refractivity (Wildman–Crippen MR) is 113 cm³/mol. The highest BCUT2D eigenvalue weighted by Gasteiger charge is 2.36. The Labute approximate surface area is 175 Å². The highest BCUT2D eigenvalue weighted by atomic mass is 32.2. The molecule has 156 valence electrons. The molecule has 2 aromatic heterocycles. The third-order valence-corrected chi connectivity index (χ3v) is 7.21. The largest absolute Gasteiger partial charge is 0.309 e. The molecule has 10 heteroatoms. The number of unbranched alkanes of at least 4 members (excludes halogenated alkanes) is 1. The van der Waals surface area contributed by atoms with E-state index in [0.29, 0.717) is 17.3 Å². The van der Waals surface area contributed by atoms with E-state index < -0.39 is 15.9 Å². The molecular formula is C19H24N4O4S2. The number of carbonyl (C=O) groups is 1. The quantitative estimate of drug-likeness (QED) is 0.467. The van der Waals surface area contributed by atoms with Crippen LogP contribution in [0.3, 0.4) is 0 Å². The molecule has 0 saturated heterocycles. The smallest absolute Gasteiger partial charge is 0.300 e. The average molecular weight is 437 g/mol. The maximum absolute atomic E-state index is 13.3. The fourth-order valence-corrected chi connectivity index (χ4v) is 5.31. The monoisotopic (exact) mass is 436 g/mol. The SMILES string of the molecule is CN(C)CCCCON(C(=O)C1=Cc2sccc2S(=O)(=O)N1C)c1ccccn1. The Bertz CT molecular complexity index is 987.